The molecule has 3 aromatic rings. The maximum absolute atomic E-state index is 13.0. The zero-order valence-corrected chi connectivity index (χ0v) is 16.1. The topological polar surface area (TPSA) is 67.3 Å². The molecule has 0 saturated heterocycles. The third kappa shape index (κ3) is 3.29. The second-order valence-electron chi connectivity index (χ2n) is 6.97. The Morgan fingerprint density at radius 2 is 2.00 bits per heavy atom. The molecular formula is C22H22N4O2. The minimum atomic E-state index is -0.135. The summed E-state index contributed by atoms with van der Waals surface area (Å²) in [4.78, 5) is 23.5. The zero-order valence-electron chi connectivity index (χ0n) is 16.1. The lowest BCUT2D eigenvalue weighted by Crippen LogP contribution is -2.36. The van der Waals surface area contributed by atoms with Crippen molar-refractivity contribution in [3.05, 3.63) is 71.7 Å². The van der Waals surface area contributed by atoms with E-state index in [1.54, 1.807) is 18.2 Å². The quantitative estimate of drug-likeness (QED) is 0.744. The number of para-hydroxylation sites is 1. The maximum atomic E-state index is 13.0. The average molecular weight is 374 g/mol. The number of carbonyl (C=O) groups is 1. The van der Waals surface area contributed by atoms with Crippen LogP contribution in [0.2, 0.25) is 0 Å². The molecule has 6 nitrogen and oxygen atoms in total. The summed E-state index contributed by atoms with van der Waals surface area (Å²) in [6, 6.07) is 13.9. The van der Waals surface area contributed by atoms with Crippen molar-refractivity contribution in [1.82, 2.24) is 9.97 Å². The summed E-state index contributed by atoms with van der Waals surface area (Å²) in [5.41, 5.74) is 4.36. The lowest BCUT2D eigenvalue weighted by Gasteiger charge is -2.22. The molecule has 142 valence electrons. The summed E-state index contributed by atoms with van der Waals surface area (Å²) in [7, 11) is 1.62. The van der Waals surface area contributed by atoms with Crippen molar-refractivity contribution in [2.45, 2.75) is 26.3 Å². The molecule has 4 rings (SSSR count). The van der Waals surface area contributed by atoms with Crippen LogP contribution in [0.4, 0.5) is 17.2 Å². The molecular weight excluding hydrogens is 352 g/mol. The molecule has 1 atom stereocenters. The molecule has 6 heteroatoms. The number of benzene rings is 2. The number of fused-ring (bicyclic) bond motifs is 1. The standard InChI is InChI=1S/C22H22N4O2/c1-14-8-9-20(28-3)17(10-14)25-21-13-23-18(12-24-21)22(27)26-15(2)11-16-6-4-5-7-19(16)26/h4-10,12-13,15H,11H2,1-3H3,(H,24,25). The number of hydrogen-bond acceptors (Lipinski definition) is 5. The predicted molar refractivity (Wildman–Crippen MR) is 109 cm³/mol. The minimum absolute atomic E-state index is 0.0982. The van der Waals surface area contributed by atoms with Crippen molar-refractivity contribution in [2.24, 2.45) is 0 Å². The van der Waals surface area contributed by atoms with Gasteiger partial charge in [0.15, 0.2) is 0 Å². The van der Waals surface area contributed by atoms with Crippen LogP contribution in [0.5, 0.6) is 5.75 Å². The molecule has 28 heavy (non-hydrogen) atoms. The number of nitrogens with one attached hydrogen (secondary N) is 1. The van der Waals surface area contributed by atoms with Crippen molar-refractivity contribution in [3.63, 3.8) is 0 Å². The SMILES string of the molecule is COc1ccc(C)cc1Nc1cnc(C(=O)N2c3ccccc3CC2C)cn1. The van der Waals surface area contributed by atoms with Crippen molar-refractivity contribution in [2.75, 3.05) is 17.3 Å². The molecule has 1 amide bonds. The number of ether oxygens (including phenoxy) is 1. The van der Waals surface area contributed by atoms with Gasteiger partial charge in [-0.3, -0.25) is 4.79 Å². The van der Waals surface area contributed by atoms with Crippen LogP contribution in [0.25, 0.3) is 0 Å². The summed E-state index contributed by atoms with van der Waals surface area (Å²) in [5, 5.41) is 3.20. The van der Waals surface area contributed by atoms with Crippen molar-refractivity contribution in [3.8, 4) is 5.75 Å². The fraction of sp³-hybridized carbons (Fsp3) is 0.227. The highest BCUT2D eigenvalue weighted by atomic mass is 16.5. The van der Waals surface area contributed by atoms with Gasteiger partial charge in [-0.15, -0.1) is 0 Å². The summed E-state index contributed by atoms with van der Waals surface area (Å²) in [6.07, 6.45) is 3.93. The highest BCUT2D eigenvalue weighted by Gasteiger charge is 2.31. The molecule has 1 aromatic heterocycles. The van der Waals surface area contributed by atoms with E-state index >= 15 is 0 Å². The van der Waals surface area contributed by atoms with Crippen molar-refractivity contribution >= 4 is 23.1 Å². The first-order valence-corrected chi connectivity index (χ1v) is 9.22. The Morgan fingerprint density at radius 3 is 2.75 bits per heavy atom. The van der Waals surface area contributed by atoms with Crippen LogP contribution in [-0.2, 0) is 6.42 Å². The molecule has 2 aromatic carbocycles. The average Bonchev–Trinajstić information content (AvgIpc) is 3.04. The van der Waals surface area contributed by atoms with Crippen LogP contribution in [0.3, 0.4) is 0 Å². The molecule has 1 N–H and O–H groups in total. The van der Waals surface area contributed by atoms with Gasteiger partial charge in [0.2, 0.25) is 0 Å². The summed E-state index contributed by atoms with van der Waals surface area (Å²) in [6.45, 7) is 4.05. The summed E-state index contributed by atoms with van der Waals surface area (Å²) in [5.74, 6) is 1.13. The van der Waals surface area contributed by atoms with Crippen LogP contribution in [-0.4, -0.2) is 29.0 Å². The Bertz CT molecular complexity index is 1020. The number of amides is 1. The summed E-state index contributed by atoms with van der Waals surface area (Å²) >= 11 is 0. The number of aryl methyl sites for hydroxylation is 1. The van der Waals surface area contributed by atoms with Gasteiger partial charge in [0, 0.05) is 11.7 Å². The minimum Gasteiger partial charge on any atom is -0.495 e. The smallest absolute Gasteiger partial charge is 0.278 e. The Balaban J connectivity index is 1.56. The molecule has 2 heterocycles. The maximum Gasteiger partial charge on any atom is 0.278 e. The second-order valence-corrected chi connectivity index (χ2v) is 6.97. The normalized spacial score (nSPS) is 15.2. The zero-order chi connectivity index (χ0) is 19.7. The lowest BCUT2D eigenvalue weighted by atomic mass is 10.1. The second kappa shape index (κ2) is 7.31. The van der Waals surface area contributed by atoms with E-state index in [0.717, 1.165) is 29.1 Å². The number of hydrogen-bond donors (Lipinski definition) is 1. The van der Waals surface area contributed by atoms with E-state index in [0.29, 0.717) is 11.5 Å². The van der Waals surface area contributed by atoms with Gasteiger partial charge in [-0.25, -0.2) is 9.97 Å². The van der Waals surface area contributed by atoms with E-state index in [1.165, 1.54) is 11.8 Å². The highest BCUT2D eigenvalue weighted by Crippen LogP contribution is 2.33. The van der Waals surface area contributed by atoms with Gasteiger partial charge in [-0.2, -0.15) is 0 Å². The van der Waals surface area contributed by atoms with Crippen LogP contribution < -0.4 is 15.0 Å². The molecule has 0 saturated carbocycles. The molecule has 0 fully saturated rings. The van der Waals surface area contributed by atoms with Gasteiger partial charge in [-0.1, -0.05) is 24.3 Å². The van der Waals surface area contributed by atoms with E-state index in [4.69, 9.17) is 4.74 Å². The first-order chi connectivity index (χ1) is 13.6. The van der Waals surface area contributed by atoms with Gasteiger partial charge in [0.1, 0.15) is 17.3 Å². The Labute approximate surface area is 164 Å². The van der Waals surface area contributed by atoms with Gasteiger partial charge in [0.05, 0.1) is 25.2 Å². The van der Waals surface area contributed by atoms with Crippen LogP contribution in [0, 0.1) is 6.92 Å². The Hall–Kier alpha value is -3.41. The fourth-order valence-corrected chi connectivity index (χ4v) is 3.56. The fourth-order valence-electron chi connectivity index (χ4n) is 3.56. The monoisotopic (exact) mass is 374 g/mol. The first kappa shape index (κ1) is 18.0. The molecule has 0 aliphatic carbocycles. The van der Waals surface area contributed by atoms with Gasteiger partial charge in [-0.05, 0) is 49.6 Å². The van der Waals surface area contributed by atoms with E-state index in [1.807, 2.05) is 50.2 Å². The molecule has 0 spiro atoms. The number of nitrogens with zero attached hydrogens (tertiary/aromatic N) is 3. The molecule has 1 aliphatic rings. The molecule has 0 bridgehead atoms. The van der Waals surface area contributed by atoms with Crippen molar-refractivity contribution in [1.29, 1.82) is 0 Å². The van der Waals surface area contributed by atoms with Gasteiger partial charge in [0.25, 0.3) is 5.91 Å². The van der Waals surface area contributed by atoms with Crippen molar-refractivity contribution < 1.29 is 9.53 Å². The lowest BCUT2D eigenvalue weighted by molar-refractivity contribution is 0.0976. The van der Waals surface area contributed by atoms with E-state index in [9.17, 15) is 4.79 Å². The van der Waals surface area contributed by atoms with E-state index < -0.39 is 0 Å². The number of methoxy groups -OCH3 is 1. The third-order valence-corrected chi connectivity index (χ3v) is 4.91. The number of rotatable bonds is 4. The number of carbonyl (C=O) groups excluding carboxylic acids is 1. The molecule has 1 unspecified atom stereocenters. The summed E-state index contributed by atoms with van der Waals surface area (Å²) < 4.78 is 5.38. The van der Waals surface area contributed by atoms with Crippen LogP contribution >= 0.6 is 0 Å². The highest BCUT2D eigenvalue weighted by molar-refractivity contribution is 6.06. The number of aromatic nitrogens is 2. The largest absolute Gasteiger partial charge is 0.495 e. The van der Waals surface area contributed by atoms with Crippen LogP contribution in [0.15, 0.2) is 54.9 Å². The predicted octanol–water partition coefficient (Wildman–Crippen LogP) is 4.13. The van der Waals surface area contributed by atoms with Crippen LogP contribution in [0.1, 0.15) is 28.5 Å². The Kier molecular flexibility index (Phi) is 4.69. The molecule has 0 radical (unpaired) electrons. The van der Waals surface area contributed by atoms with E-state index in [2.05, 4.69) is 21.4 Å². The molecule has 1 aliphatic heterocycles. The van der Waals surface area contributed by atoms with Gasteiger partial charge < -0.3 is 15.0 Å². The Morgan fingerprint density at radius 1 is 1.18 bits per heavy atom. The third-order valence-electron chi connectivity index (χ3n) is 4.91. The van der Waals surface area contributed by atoms with E-state index in [-0.39, 0.29) is 11.9 Å². The van der Waals surface area contributed by atoms with Gasteiger partial charge >= 0.3 is 0 Å². The first-order valence-electron chi connectivity index (χ1n) is 9.22. The number of anilines is 3.